The number of nitrogens with zero attached hydrogens (tertiary/aromatic N) is 6. The van der Waals surface area contributed by atoms with Gasteiger partial charge in [0.2, 0.25) is 5.95 Å². The molecule has 256 valence electrons. The van der Waals surface area contributed by atoms with Crippen molar-refractivity contribution in [2.24, 2.45) is 34.5 Å². The zero-order valence-corrected chi connectivity index (χ0v) is 29.5. The zero-order valence-electron chi connectivity index (χ0n) is 29.5. The molecule has 9 heteroatoms. The van der Waals surface area contributed by atoms with Crippen LogP contribution in [0.5, 0.6) is 0 Å². The fourth-order valence-electron chi connectivity index (χ4n) is 9.84. The molecule has 1 aromatic rings. The van der Waals surface area contributed by atoms with E-state index >= 15 is 0 Å². The smallest absolute Gasteiger partial charge is 0.229 e. The van der Waals surface area contributed by atoms with Gasteiger partial charge in [0.15, 0.2) is 5.78 Å². The Morgan fingerprint density at radius 1 is 0.979 bits per heavy atom. The minimum atomic E-state index is -0.310. The van der Waals surface area contributed by atoms with Gasteiger partial charge in [-0.05, 0) is 95.3 Å². The van der Waals surface area contributed by atoms with E-state index in [0.29, 0.717) is 24.2 Å². The molecule has 6 rings (SSSR count). The number of aliphatic hydroxyl groups excluding tert-OH is 1. The Balaban J connectivity index is 1.13. The first-order valence-corrected chi connectivity index (χ1v) is 18.3. The number of rotatable bonds is 11. The van der Waals surface area contributed by atoms with Crippen LogP contribution in [0.15, 0.2) is 41.5 Å². The lowest BCUT2D eigenvalue weighted by Crippen LogP contribution is -2.51. The maximum atomic E-state index is 14.1. The SMILES string of the molecule is CCN(CC)c1cc(N2CCN(CC(=O)[C@@H]3CC[C@H]4[C@@H]5C[C@H](CO)C6=CC(=O)C=C[C@]6(C)C5=CC[C@]34C)CC2)nc(N(CC)CC)n1. The Morgan fingerprint density at radius 3 is 2.34 bits per heavy atom. The average Bonchev–Trinajstić information content (AvgIpc) is 3.44. The molecule has 9 nitrogen and oxygen atoms in total. The van der Waals surface area contributed by atoms with Crippen molar-refractivity contribution in [2.75, 3.05) is 80.2 Å². The van der Waals surface area contributed by atoms with E-state index in [0.717, 1.165) is 101 Å². The zero-order chi connectivity index (χ0) is 33.5. The highest BCUT2D eigenvalue weighted by Gasteiger charge is 2.58. The van der Waals surface area contributed by atoms with Gasteiger partial charge in [-0.2, -0.15) is 9.97 Å². The van der Waals surface area contributed by atoms with Crippen molar-refractivity contribution in [1.82, 2.24) is 14.9 Å². The van der Waals surface area contributed by atoms with E-state index in [9.17, 15) is 14.7 Å². The number of aromatic nitrogens is 2. The van der Waals surface area contributed by atoms with Crippen LogP contribution >= 0.6 is 0 Å². The molecule has 3 fully saturated rings. The van der Waals surface area contributed by atoms with Crippen molar-refractivity contribution < 1.29 is 14.7 Å². The topological polar surface area (TPSA) is 93.1 Å². The number of allylic oxidation sites excluding steroid dienone is 5. The Morgan fingerprint density at radius 2 is 1.68 bits per heavy atom. The molecular formula is C38H56N6O3. The number of hydrogen-bond acceptors (Lipinski definition) is 9. The predicted octanol–water partition coefficient (Wildman–Crippen LogP) is 4.92. The third-order valence-corrected chi connectivity index (χ3v) is 12.6. The van der Waals surface area contributed by atoms with Gasteiger partial charge in [0.05, 0.1) is 6.54 Å². The van der Waals surface area contributed by atoms with Crippen molar-refractivity contribution in [3.8, 4) is 0 Å². The van der Waals surface area contributed by atoms with Crippen LogP contribution in [-0.2, 0) is 9.59 Å². The second kappa shape index (κ2) is 13.5. The highest BCUT2D eigenvalue weighted by atomic mass is 16.3. The minimum Gasteiger partial charge on any atom is -0.396 e. The Kier molecular flexibility index (Phi) is 9.69. The van der Waals surface area contributed by atoms with Gasteiger partial charge in [-0.15, -0.1) is 0 Å². The standard InChI is InChI=1S/C38H56N6O3/c1-7-42(8-2)34-23-35(40-36(39-34)43(9-3)10-4)44-19-17-41(18-20-44)24-33(47)31-12-11-29-28-21-26(25-45)32-22-27(46)13-15-38(32,6)30(28)14-16-37(29,31)5/h13-15,22-23,26,28-29,31,45H,7-12,16-21,24-25H2,1-6H3/t26-,28+,29+,31+,37+,38-/m1/s1. The monoisotopic (exact) mass is 644 g/mol. The molecule has 47 heavy (non-hydrogen) atoms. The number of aliphatic hydroxyl groups is 1. The number of carbonyl (C=O) groups excluding carboxylic acids is 2. The first-order chi connectivity index (χ1) is 22.6. The van der Waals surface area contributed by atoms with Gasteiger partial charge in [0.25, 0.3) is 0 Å². The molecule has 0 spiro atoms. The molecule has 5 aliphatic rings. The van der Waals surface area contributed by atoms with E-state index < -0.39 is 0 Å². The van der Waals surface area contributed by atoms with E-state index in [4.69, 9.17) is 9.97 Å². The highest BCUT2D eigenvalue weighted by Crippen LogP contribution is 2.64. The van der Waals surface area contributed by atoms with Gasteiger partial charge in [-0.1, -0.05) is 24.6 Å². The third-order valence-electron chi connectivity index (χ3n) is 12.6. The van der Waals surface area contributed by atoms with Crippen LogP contribution in [0.3, 0.4) is 0 Å². The minimum absolute atomic E-state index is 0.00877. The first kappa shape index (κ1) is 33.8. The van der Waals surface area contributed by atoms with E-state index in [1.54, 1.807) is 12.2 Å². The maximum Gasteiger partial charge on any atom is 0.229 e. The second-order valence-corrected chi connectivity index (χ2v) is 14.8. The van der Waals surface area contributed by atoms with Crippen LogP contribution in [0.25, 0.3) is 0 Å². The Labute approximate surface area is 281 Å². The number of carbonyl (C=O) groups is 2. The molecule has 0 amide bonds. The van der Waals surface area contributed by atoms with E-state index in [-0.39, 0.29) is 35.1 Å². The molecule has 1 aromatic heterocycles. The number of anilines is 3. The fourth-order valence-corrected chi connectivity index (χ4v) is 9.84. The van der Waals surface area contributed by atoms with Crippen LogP contribution in [0.1, 0.15) is 67.2 Å². The lowest BCUT2D eigenvalue weighted by molar-refractivity contribution is -0.128. The summed E-state index contributed by atoms with van der Waals surface area (Å²) in [5, 5.41) is 10.4. The van der Waals surface area contributed by atoms with Crippen LogP contribution in [0.2, 0.25) is 0 Å². The van der Waals surface area contributed by atoms with Gasteiger partial charge in [-0.3, -0.25) is 14.5 Å². The van der Waals surface area contributed by atoms with Crippen molar-refractivity contribution in [3.63, 3.8) is 0 Å². The predicted molar refractivity (Wildman–Crippen MR) is 189 cm³/mol. The number of fused-ring (bicyclic) bond motifs is 5. The molecule has 0 radical (unpaired) electrons. The summed E-state index contributed by atoms with van der Waals surface area (Å²) in [4.78, 5) is 45.5. The molecule has 1 saturated heterocycles. The fraction of sp³-hybridized carbons (Fsp3) is 0.684. The van der Waals surface area contributed by atoms with Gasteiger partial charge in [0, 0.05) is 82.3 Å². The summed E-state index contributed by atoms with van der Waals surface area (Å²) in [6.07, 6.45) is 11.7. The summed E-state index contributed by atoms with van der Waals surface area (Å²) < 4.78 is 0. The molecule has 0 unspecified atom stereocenters. The van der Waals surface area contributed by atoms with Gasteiger partial charge >= 0.3 is 0 Å². The second-order valence-electron chi connectivity index (χ2n) is 14.8. The van der Waals surface area contributed by atoms with Gasteiger partial charge in [0.1, 0.15) is 17.4 Å². The Hall–Kier alpha value is -3.04. The lowest BCUT2D eigenvalue weighted by Gasteiger charge is -2.54. The van der Waals surface area contributed by atoms with Crippen LogP contribution in [0, 0.1) is 34.5 Å². The van der Waals surface area contributed by atoms with Crippen molar-refractivity contribution >= 4 is 29.2 Å². The van der Waals surface area contributed by atoms with E-state index in [2.05, 4.69) is 79.4 Å². The summed E-state index contributed by atoms with van der Waals surface area (Å²) in [5.74, 6) is 3.96. The molecule has 2 heterocycles. The number of hydrogen-bond donors (Lipinski definition) is 1. The summed E-state index contributed by atoms with van der Waals surface area (Å²) in [5.41, 5.74) is 2.09. The quantitative estimate of drug-likeness (QED) is 0.337. The average molecular weight is 645 g/mol. The van der Waals surface area contributed by atoms with Crippen molar-refractivity contribution in [2.45, 2.75) is 67.2 Å². The third kappa shape index (κ3) is 5.96. The van der Waals surface area contributed by atoms with Crippen LogP contribution in [-0.4, -0.2) is 97.1 Å². The molecular weight excluding hydrogens is 588 g/mol. The molecule has 0 bridgehead atoms. The summed E-state index contributed by atoms with van der Waals surface area (Å²) >= 11 is 0. The van der Waals surface area contributed by atoms with Gasteiger partial charge in [-0.25, -0.2) is 0 Å². The van der Waals surface area contributed by atoms with E-state index in [1.807, 2.05) is 0 Å². The summed E-state index contributed by atoms with van der Waals surface area (Å²) in [6, 6.07) is 2.14. The molecule has 2 saturated carbocycles. The van der Waals surface area contributed by atoms with Crippen LogP contribution < -0.4 is 14.7 Å². The molecule has 0 aromatic carbocycles. The van der Waals surface area contributed by atoms with Gasteiger partial charge < -0.3 is 19.8 Å². The maximum absolute atomic E-state index is 14.1. The van der Waals surface area contributed by atoms with Crippen LogP contribution in [0.4, 0.5) is 17.6 Å². The van der Waals surface area contributed by atoms with E-state index in [1.165, 1.54) is 5.57 Å². The van der Waals surface area contributed by atoms with Crippen molar-refractivity contribution in [3.05, 3.63) is 41.5 Å². The number of Topliss-reactive ketones (excluding diaryl/α,β-unsaturated/α-hetero) is 1. The number of ketones is 2. The summed E-state index contributed by atoms with van der Waals surface area (Å²) in [6.45, 7) is 20.7. The lowest BCUT2D eigenvalue weighted by atomic mass is 9.50. The summed E-state index contributed by atoms with van der Waals surface area (Å²) in [7, 11) is 0. The molecule has 1 aliphatic heterocycles. The molecule has 1 N–H and O–H groups in total. The largest absolute Gasteiger partial charge is 0.396 e. The molecule has 6 atom stereocenters. The Bertz CT molecular complexity index is 1410. The molecule has 4 aliphatic carbocycles. The first-order valence-electron chi connectivity index (χ1n) is 18.3. The van der Waals surface area contributed by atoms with Crippen molar-refractivity contribution in [1.29, 1.82) is 0 Å². The number of piperazine rings is 1. The highest BCUT2D eigenvalue weighted by molar-refractivity contribution is 6.01. The normalized spacial score (nSPS) is 31.9.